The molecule has 672 valence electrons. The van der Waals surface area contributed by atoms with Gasteiger partial charge in [-0.1, -0.05) is 156 Å². The first kappa shape index (κ1) is 41.8. The fourth-order valence-electron chi connectivity index (χ4n) is 15.5. The van der Waals surface area contributed by atoms with Gasteiger partial charge in [0.1, 0.15) is 48.8 Å². The molecule has 0 saturated carbocycles. The Balaban J connectivity index is 0.000000268. The van der Waals surface area contributed by atoms with Crippen molar-refractivity contribution in [2.45, 2.75) is 365 Å². The van der Waals surface area contributed by atoms with Crippen LogP contribution in [0.1, 0.15) is 379 Å². The smallest absolute Gasteiger partial charge is 0.311 e. The van der Waals surface area contributed by atoms with Gasteiger partial charge in [-0.25, -0.2) is 0 Å². The zero-order chi connectivity index (χ0) is 144. The number of aliphatic hydroxyl groups excluding tert-OH is 4. The predicted octanol–water partition coefficient (Wildman–Crippen LogP) is 18.3. The first-order valence-corrected chi connectivity index (χ1v) is 39.6. The fourth-order valence-corrected chi connectivity index (χ4v) is 15.5. The van der Waals surface area contributed by atoms with Gasteiger partial charge in [0.2, 0.25) is 0 Å². The topological polar surface area (TPSA) is 291 Å². The molecule has 30 atom stereocenters. The summed E-state index contributed by atoms with van der Waals surface area (Å²) in [6, 6.07) is -8.57. The maximum atomic E-state index is 14.1. The van der Waals surface area contributed by atoms with Crippen LogP contribution in [0.25, 0.3) is 0 Å². The largest absolute Gasteiger partial charge is 0.462 e. The molecule has 12 rings (SSSR count). The number of rotatable bonds is 24. The molecule has 4 heterocycles. The minimum absolute atomic E-state index is 0.0838. The van der Waals surface area contributed by atoms with E-state index in [2.05, 4.69) is 0 Å². The van der Waals surface area contributed by atoms with Crippen LogP contribution < -0.4 is 0 Å². The summed E-state index contributed by atoms with van der Waals surface area (Å²) >= 11 is 0. The first-order chi connectivity index (χ1) is 81.6. The quantitative estimate of drug-likeness (QED) is 0.0516. The molecular formula is C100H152O20. The molecule has 0 aromatic heterocycles. The van der Waals surface area contributed by atoms with Gasteiger partial charge in [0.25, 0.3) is 0 Å². The van der Waals surface area contributed by atoms with E-state index in [-0.39, 0.29) is 76.2 Å². The predicted molar refractivity (Wildman–Crippen MR) is 462 cm³/mol. The molecule has 20 nitrogen and oxygen atoms in total. The SMILES string of the molecule is [2H]C1=C([2H])[C@]([2H])(C)[C@H](CCC2C[C@@H](O)C([2H])([2H])C(=O)O2)[C@@H]2C1=C([2H])[C@]([2H])(C)C([2H])([2H])C2OC(=O)C(C([2H])([2H])[2H])(C([2H])([2H])[2H])C([2H])([2H])C([2H])([2H])[2H].[2H]C1=C([2H])[C@]([2H])(C)[C@H](CCC2C[C@@H](O)C([2H])([2H])C(=O)O2)[C@@H]2C1=C([2H])[C@]([2H])(C)C([2H])([2H])C2OC(=O)C(C)(C([2H])([2H])[2H])C([2H])([2H])C([2H])([2H])[2H].[2H]C1=C([2H])[C@]([2H])(C)[C@H](CCC2C[C@@H](O)C([2H])([2H])C(=O)O2)[C@@H]2C1=C([2H])[C@]([2H])(C)C([2H])([2H])C2OC(=O)C(C)(CC)C([2H])([2H])[2H].[2H]C1=C([2H])[C@]([2H])(C)[C@H](CCC2C[C@@H](O)C([2H])([2H])C(=O)O2)[C@@H]2C1=C([2H])[C@]([2H])(C)C([2H])([2H])C2OC(=O)C(CC)(C([2H])([2H])[2H])C([2H])([2H])[2H]. The van der Waals surface area contributed by atoms with Crippen molar-refractivity contribution in [2.75, 3.05) is 0 Å². The highest BCUT2D eigenvalue weighted by Crippen LogP contribution is 2.51. The summed E-state index contributed by atoms with van der Waals surface area (Å²) in [7, 11) is 0. The molecule has 4 fully saturated rings. The van der Waals surface area contributed by atoms with Crippen LogP contribution in [0.15, 0.2) is 94.9 Å². The van der Waals surface area contributed by atoms with E-state index in [1.807, 2.05) is 0 Å². The molecule has 20 heteroatoms. The Morgan fingerprint density at radius 2 is 0.633 bits per heavy atom. The standard InChI is InChI=1S/4C25H38O5/c4*1-6-25(4,5)24(28)30-21-12-15(2)11-17-8-7-16(3)20(23(17)21)10-9-19-13-18(26)14-22(27)29-19/h4*7-8,11,15-16,18-21,23,26H,6,9-10,12-14H2,1-5H3/t4*15-,16-,18+,19?,20-,21?,23-/m0000/s1/i1D3,4D3,5D3,6D2,7D,8D,11D,12D2,14D2,15D,16D;1D3,4D3,6D2,7D,8D,11D,12D2,14D2,15D,16D;4D3,5D3,7D,8D,11D,12D2,14D2,15D,16D;4D3,7D,8D,11D,12D2,14D2,15D,16D/tm;15-,16-,18+,19?,20-,21?,23-,25?;m;15-,16-,18+,19?,20-,21?,23-,25?. The van der Waals surface area contributed by atoms with Crippen LogP contribution in [0.4, 0.5) is 0 Å². The molecular weight excluding hydrogens is 1520 g/mol. The van der Waals surface area contributed by atoms with Gasteiger partial charge in [-0.2, -0.15) is 0 Å². The second-order valence-electron chi connectivity index (χ2n) is 31.9. The zero-order valence-corrected chi connectivity index (χ0v) is 68.8. The van der Waals surface area contributed by atoms with Crippen LogP contribution in [0.5, 0.6) is 0 Å². The molecule has 0 bridgehead atoms. The second kappa shape index (κ2) is 42.5. The number of fused-ring (bicyclic) bond motifs is 4. The lowest BCUT2D eigenvalue weighted by molar-refractivity contribution is -0.166. The number of carbonyl (C=O) groups excluding carboxylic acids is 8. The molecule has 0 aromatic rings. The van der Waals surface area contributed by atoms with Crippen LogP contribution in [-0.4, -0.2) is 141 Å². The molecule has 0 aromatic carbocycles. The van der Waals surface area contributed by atoms with Crippen molar-refractivity contribution in [3.63, 3.8) is 0 Å². The van der Waals surface area contributed by atoms with Gasteiger partial charge >= 0.3 is 47.8 Å². The lowest BCUT2D eigenvalue weighted by Gasteiger charge is -2.44. The average Bonchev–Trinajstić information content (AvgIpc) is 0.675. The van der Waals surface area contributed by atoms with E-state index in [0.29, 0.717) is 6.92 Å². The lowest BCUT2D eigenvalue weighted by Crippen LogP contribution is -2.43. The Bertz CT molecular complexity index is 6850. The van der Waals surface area contributed by atoms with E-state index in [1.54, 1.807) is 0 Å². The van der Waals surface area contributed by atoms with E-state index in [1.165, 1.54) is 27.7 Å². The van der Waals surface area contributed by atoms with Gasteiger partial charge in [-0.05, 0) is 251 Å². The zero-order valence-electron chi connectivity index (χ0n) is 133. The van der Waals surface area contributed by atoms with Crippen LogP contribution in [0.3, 0.4) is 0 Å². The van der Waals surface area contributed by atoms with Crippen LogP contribution in [0, 0.1) is 116 Å². The number of aliphatic hydroxyl groups is 4. The summed E-state index contributed by atoms with van der Waals surface area (Å²) in [5.41, 5.74) is -14.9. The number of ether oxygens (including phenoxy) is 8. The Morgan fingerprint density at radius 3 is 0.867 bits per heavy atom. The minimum atomic E-state index is -4.52. The van der Waals surface area contributed by atoms with Crippen molar-refractivity contribution in [1.29, 1.82) is 0 Å². The average molecular weight is 1740 g/mol. The highest BCUT2D eigenvalue weighted by molar-refractivity contribution is 5.78. The van der Waals surface area contributed by atoms with Crippen LogP contribution in [0.2, 0.25) is 0 Å². The molecule has 4 N–H and O–H groups in total. The minimum Gasteiger partial charge on any atom is -0.462 e. The summed E-state index contributed by atoms with van der Waals surface area (Å²) in [4.78, 5) is 104. The van der Waals surface area contributed by atoms with Crippen molar-refractivity contribution in [2.24, 2.45) is 116 Å². The molecule has 8 aliphatic carbocycles. The monoisotopic (exact) mass is 1740 g/mol. The van der Waals surface area contributed by atoms with E-state index in [4.69, 9.17) is 126 Å². The summed E-state index contributed by atoms with van der Waals surface area (Å²) in [5.74, 6) is -43.9. The third kappa shape index (κ3) is 25.9. The van der Waals surface area contributed by atoms with Gasteiger partial charge in [0.05, 0.1) is 88.0 Å². The second-order valence-corrected chi connectivity index (χ2v) is 31.9. The van der Waals surface area contributed by atoms with Gasteiger partial charge < -0.3 is 58.3 Å². The summed E-state index contributed by atoms with van der Waals surface area (Å²) in [6.07, 6.45) is -56.1. The molecule has 4 saturated heterocycles. The summed E-state index contributed by atoms with van der Waals surface area (Å²) in [6.45, 7) is -17.1. The number of hydrogen-bond acceptors (Lipinski definition) is 20. The van der Waals surface area contributed by atoms with E-state index < -0.39 is 464 Å². The van der Waals surface area contributed by atoms with E-state index in [9.17, 15) is 58.8 Å². The third-order valence-electron chi connectivity index (χ3n) is 22.4. The Morgan fingerprint density at radius 1 is 0.400 bits per heavy atom. The molecule has 12 aliphatic rings. The molecule has 0 spiro atoms. The van der Waals surface area contributed by atoms with Crippen molar-refractivity contribution < 1.29 is 184 Å². The number of allylic oxidation sites excluding steroid dienone is 12. The van der Waals surface area contributed by atoms with Gasteiger partial charge in [0.15, 0.2) is 0 Å². The summed E-state index contributed by atoms with van der Waals surface area (Å²) < 4.78 is 573. The Hall–Kier alpha value is -6.48. The molecule has 0 radical (unpaired) electrons. The van der Waals surface area contributed by atoms with E-state index in [0.717, 1.165) is 48.5 Å². The Labute approximate surface area is 808 Å². The normalized spacial score (nSPS) is 55.5. The van der Waals surface area contributed by atoms with Crippen LogP contribution >= 0.6 is 0 Å². The Kier molecular flexibility index (Phi) is 14.8. The van der Waals surface area contributed by atoms with Crippen molar-refractivity contribution in [1.82, 2.24) is 0 Å². The van der Waals surface area contributed by atoms with Gasteiger partial charge in [-0.3, -0.25) is 38.4 Å². The van der Waals surface area contributed by atoms with Crippen molar-refractivity contribution >= 4 is 47.8 Å². The highest BCUT2D eigenvalue weighted by Gasteiger charge is 2.50. The molecule has 10 unspecified atom stereocenters. The molecule has 0 amide bonds. The van der Waals surface area contributed by atoms with Gasteiger partial charge in [-0.15, -0.1) is 0 Å². The number of hydrogen-bond donors (Lipinski definition) is 4. The maximum Gasteiger partial charge on any atom is 0.311 e. The number of esters is 8. The third-order valence-corrected chi connectivity index (χ3v) is 22.4. The van der Waals surface area contributed by atoms with E-state index >= 15 is 0 Å². The molecule has 4 aliphatic heterocycles. The lowest BCUT2D eigenvalue weighted by atomic mass is 9.65. The van der Waals surface area contributed by atoms with Crippen molar-refractivity contribution in [3.05, 3.63) is 94.9 Å². The maximum absolute atomic E-state index is 14.1. The van der Waals surface area contributed by atoms with Crippen LogP contribution in [-0.2, 0) is 76.3 Å². The number of carbonyl (C=O) groups is 8. The summed E-state index contributed by atoms with van der Waals surface area (Å²) in [5, 5.41) is 40.8. The first-order valence-electron chi connectivity index (χ1n) is 71.6. The molecule has 120 heavy (non-hydrogen) atoms. The number of cyclic esters (lactones) is 4. The highest BCUT2D eigenvalue weighted by atomic mass is 16.6. The van der Waals surface area contributed by atoms with Gasteiger partial charge in [0, 0.05) is 121 Å². The van der Waals surface area contributed by atoms with Crippen molar-refractivity contribution in [3.8, 4) is 0 Å². The fraction of sp³-hybridized carbons (Fsp3) is 0.760.